The van der Waals surface area contributed by atoms with Gasteiger partial charge < -0.3 is 20.1 Å². The third-order valence-corrected chi connectivity index (χ3v) is 4.84. The third-order valence-electron chi connectivity index (χ3n) is 4.84. The third kappa shape index (κ3) is 7.76. The molecule has 1 saturated heterocycles. The zero-order chi connectivity index (χ0) is 22.1. The highest BCUT2D eigenvalue weighted by Crippen LogP contribution is 2.29. The van der Waals surface area contributed by atoms with Crippen LogP contribution in [0.1, 0.15) is 16.7 Å². The number of carbonyl (C=O) groups is 1. The van der Waals surface area contributed by atoms with Gasteiger partial charge in [0.2, 0.25) is 0 Å². The van der Waals surface area contributed by atoms with Crippen molar-refractivity contribution in [1.29, 1.82) is 0 Å². The minimum Gasteiger partial charge on any atom is -0.492 e. The van der Waals surface area contributed by atoms with Gasteiger partial charge in [0.15, 0.2) is 0 Å². The van der Waals surface area contributed by atoms with Crippen LogP contribution in [0.4, 0.5) is 18.0 Å². The molecule has 31 heavy (non-hydrogen) atoms. The average molecular weight is 437 g/mol. The molecule has 2 amide bonds. The summed E-state index contributed by atoms with van der Waals surface area (Å²) in [5.41, 5.74) is 0.497. The molecule has 0 bridgehead atoms. The van der Waals surface area contributed by atoms with Crippen molar-refractivity contribution >= 4 is 6.03 Å². The molecule has 0 aliphatic carbocycles. The monoisotopic (exact) mass is 437 g/mol. The number of amides is 2. The molecule has 2 N–H and O–H groups in total. The van der Waals surface area contributed by atoms with Crippen LogP contribution in [-0.2, 0) is 24.0 Å². The molecule has 1 heterocycles. The fourth-order valence-electron chi connectivity index (χ4n) is 3.15. The van der Waals surface area contributed by atoms with Gasteiger partial charge in [0, 0.05) is 32.7 Å². The number of urea groups is 1. The summed E-state index contributed by atoms with van der Waals surface area (Å²) >= 11 is 0. The summed E-state index contributed by atoms with van der Waals surface area (Å²) in [6.07, 6.45) is -4.41. The van der Waals surface area contributed by atoms with Crippen LogP contribution >= 0.6 is 0 Å². The first-order valence-electron chi connectivity index (χ1n) is 10.1. The fourth-order valence-corrected chi connectivity index (χ4v) is 3.15. The fraction of sp³-hybridized carbons (Fsp3) is 0.409. The first kappa shape index (κ1) is 22.9. The first-order chi connectivity index (χ1) is 14.9. The molecular formula is C22H26F3N3O3. The number of halogens is 3. The largest absolute Gasteiger partial charge is 0.492 e. The maximum absolute atomic E-state index is 12.8. The summed E-state index contributed by atoms with van der Waals surface area (Å²) in [5.74, 6) is 0.719. The van der Waals surface area contributed by atoms with E-state index in [2.05, 4.69) is 15.5 Å². The van der Waals surface area contributed by atoms with E-state index in [0.29, 0.717) is 12.2 Å². The Hall–Kier alpha value is -2.78. The van der Waals surface area contributed by atoms with Crippen LogP contribution < -0.4 is 15.4 Å². The molecular weight excluding hydrogens is 411 g/mol. The molecule has 168 valence electrons. The van der Waals surface area contributed by atoms with Gasteiger partial charge in [-0.15, -0.1) is 0 Å². The lowest BCUT2D eigenvalue weighted by molar-refractivity contribution is -0.137. The standard InChI is InChI=1S/C22H26F3N3O3/c23-22(24,25)19-5-1-3-17(13-19)15-26-21(29)27-16-18-4-2-6-20(14-18)31-12-9-28-7-10-30-11-8-28/h1-6,13-14H,7-12,15-16H2,(H2,26,27,29). The lowest BCUT2D eigenvalue weighted by Crippen LogP contribution is -2.38. The van der Waals surface area contributed by atoms with E-state index in [1.165, 1.54) is 12.1 Å². The van der Waals surface area contributed by atoms with E-state index >= 15 is 0 Å². The topological polar surface area (TPSA) is 62.8 Å². The summed E-state index contributed by atoms with van der Waals surface area (Å²) in [4.78, 5) is 14.3. The van der Waals surface area contributed by atoms with E-state index in [9.17, 15) is 18.0 Å². The number of benzene rings is 2. The Morgan fingerprint density at radius 1 is 1.00 bits per heavy atom. The molecule has 0 aromatic heterocycles. The second-order valence-electron chi connectivity index (χ2n) is 7.18. The molecule has 0 unspecified atom stereocenters. The molecule has 0 atom stereocenters. The van der Waals surface area contributed by atoms with E-state index in [0.717, 1.165) is 56.3 Å². The van der Waals surface area contributed by atoms with Gasteiger partial charge in [0.05, 0.1) is 18.8 Å². The number of carbonyl (C=O) groups excluding carboxylic acids is 1. The normalized spacial score (nSPS) is 14.8. The number of rotatable bonds is 8. The van der Waals surface area contributed by atoms with Gasteiger partial charge in [0.25, 0.3) is 0 Å². The summed E-state index contributed by atoms with van der Waals surface area (Å²) in [7, 11) is 0. The van der Waals surface area contributed by atoms with Gasteiger partial charge in [0.1, 0.15) is 12.4 Å². The van der Waals surface area contributed by atoms with Gasteiger partial charge in [-0.2, -0.15) is 13.2 Å². The van der Waals surface area contributed by atoms with Crippen molar-refractivity contribution < 1.29 is 27.4 Å². The summed E-state index contributed by atoms with van der Waals surface area (Å²) < 4.78 is 49.4. The van der Waals surface area contributed by atoms with E-state index in [1.54, 1.807) is 0 Å². The van der Waals surface area contributed by atoms with Gasteiger partial charge in [-0.1, -0.05) is 24.3 Å². The Balaban J connectivity index is 1.40. The zero-order valence-electron chi connectivity index (χ0n) is 17.1. The SMILES string of the molecule is O=C(NCc1cccc(OCCN2CCOCC2)c1)NCc1cccc(C(F)(F)F)c1. The van der Waals surface area contributed by atoms with Gasteiger partial charge in [-0.3, -0.25) is 4.90 Å². The minimum absolute atomic E-state index is 0.000441. The van der Waals surface area contributed by atoms with Crippen molar-refractivity contribution in [2.75, 3.05) is 39.5 Å². The van der Waals surface area contributed by atoms with Crippen LogP contribution in [0, 0.1) is 0 Å². The molecule has 2 aromatic carbocycles. The Kier molecular flexibility index (Phi) is 8.13. The van der Waals surface area contributed by atoms with Crippen molar-refractivity contribution in [3.8, 4) is 5.75 Å². The molecule has 3 rings (SSSR count). The second kappa shape index (κ2) is 11.0. The highest BCUT2D eigenvalue weighted by Gasteiger charge is 2.30. The number of nitrogens with zero attached hydrogens (tertiary/aromatic N) is 1. The van der Waals surface area contributed by atoms with Crippen LogP contribution in [0.25, 0.3) is 0 Å². The predicted molar refractivity (Wildman–Crippen MR) is 110 cm³/mol. The number of morpholine rings is 1. The average Bonchev–Trinajstić information content (AvgIpc) is 2.77. The smallest absolute Gasteiger partial charge is 0.416 e. The zero-order valence-corrected chi connectivity index (χ0v) is 17.1. The van der Waals surface area contributed by atoms with Crippen LogP contribution in [0.15, 0.2) is 48.5 Å². The van der Waals surface area contributed by atoms with E-state index in [-0.39, 0.29) is 13.1 Å². The molecule has 1 aliphatic heterocycles. The van der Waals surface area contributed by atoms with Crippen LogP contribution in [0.5, 0.6) is 5.75 Å². The van der Waals surface area contributed by atoms with Gasteiger partial charge in [-0.25, -0.2) is 4.79 Å². The van der Waals surface area contributed by atoms with Gasteiger partial charge >= 0.3 is 12.2 Å². The van der Waals surface area contributed by atoms with E-state index < -0.39 is 17.8 Å². The Morgan fingerprint density at radius 3 is 2.32 bits per heavy atom. The van der Waals surface area contributed by atoms with Crippen molar-refractivity contribution in [3.63, 3.8) is 0 Å². The maximum atomic E-state index is 12.8. The number of ether oxygens (including phenoxy) is 2. The van der Waals surface area contributed by atoms with E-state index in [4.69, 9.17) is 9.47 Å². The summed E-state index contributed by atoms with van der Waals surface area (Å²) in [6.45, 7) is 4.97. The first-order valence-corrected chi connectivity index (χ1v) is 10.1. The Morgan fingerprint density at radius 2 is 1.65 bits per heavy atom. The molecule has 0 radical (unpaired) electrons. The molecule has 2 aromatic rings. The highest BCUT2D eigenvalue weighted by molar-refractivity contribution is 5.73. The summed E-state index contributed by atoms with van der Waals surface area (Å²) in [5, 5.41) is 5.27. The number of hydrogen-bond donors (Lipinski definition) is 2. The van der Waals surface area contributed by atoms with Crippen molar-refractivity contribution in [2.45, 2.75) is 19.3 Å². The number of hydrogen-bond acceptors (Lipinski definition) is 4. The summed E-state index contributed by atoms with van der Waals surface area (Å²) in [6, 6.07) is 11.8. The Labute approximate surface area is 179 Å². The van der Waals surface area contributed by atoms with Crippen LogP contribution in [0.2, 0.25) is 0 Å². The minimum atomic E-state index is -4.41. The molecule has 1 aliphatic rings. The van der Waals surface area contributed by atoms with Crippen molar-refractivity contribution in [1.82, 2.24) is 15.5 Å². The Bertz CT molecular complexity index is 855. The number of alkyl halides is 3. The lowest BCUT2D eigenvalue weighted by Gasteiger charge is -2.26. The quantitative estimate of drug-likeness (QED) is 0.665. The van der Waals surface area contributed by atoms with E-state index in [1.807, 2.05) is 24.3 Å². The molecule has 0 spiro atoms. The van der Waals surface area contributed by atoms with Crippen molar-refractivity contribution in [2.24, 2.45) is 0 Å². The van der Waals surface area contributed by atoms with Crippen LogP contribution in [-0.4, -0.2) is 50.4 Å². The highest BCUT2D eigenvalue weighted by atomic mass is 19.4. The molecule has 9 heteroatoms. The van der Waals surface area contributed by atoms with Gasteiger partial charge in [-0.05, 0) is 35.4 Å². The van der Waals surface area contributed by atoms with Crippen LogP contribution in [0.3, 0.4) is 0 Å². The molecule has 6 nitrogen and oxygen atoms in total. The lowest BCUT2D eigenvalue weighted by atomic mass is 10.1. The van der Waals surface area contributed by atoms with Crippen molar-refractivity contribution in [3.05, 3.63) is 65.2 Å². The molecule has 1 fully saturated rings. The second-order valence-corrected chi connectivity index (χ2v) is 7.18. The number of nitrogens with one attached hydrogen (secondary N) is 2. The molecule has 0 saturated carbocycles. The predicted octanol–water partition coefficient (Wildman–Crippen LogP) is 3.42. The maximum Gasteiger partial charge on any atom is 0.416 e.